The molecule has 1 unspecified atom stereocenters. The molecule has 2 nitrogen and oxygen atoms in total. The molecule has 1 aromatic rings. The number of ether oxygens (including phenoxy) is 1. The summed E-state index contributed by atoms with van der Waals surface area (Å²) in [5, 5.41) is 0. The largest absolute Gasteiger partial charge is 0.381 e. The van der Waals surface area contributed by atoms with Crippen LogP contribution in [0.5, 0.6) is 0 Å². The van der Waals surface area contributed by atoms with Gasteiger partial charge in [0.1, 0.15) is 0 Å². The van der Waals surface area contributed by atoms with Crippen LogP contribution in [0.2, 0.25) is 0 Å². The van der Waals surface area contributed by atoms with Gasteiger partial charge in [0.05, 0.1) is 0 Å². The number of hydrogen-bond acceptors (Lipinski definition) is 2. The average Bonchev–Trinajstić information content (AvgIpc) is 2.35. The minimum Gasteiger partial charge on any atom is -0.381 e. The van der Waals surface area contributed by atoms with Crippen LogP contribution in [0, 0.1) is 12.8 Å². The predicted octanol–water partition coefficient (Wildman–Crippen LogP) is 2.93. The molecule has 0 saturated heterocycles. The topological polar surface area (TPSA) is 35.2 Å². The SMILES string of the molecule is CCCOCCC(CN)Cc1ccccc1C. The van der Waals surface area contributed by atoms with Crippen molar-refractivity contribution < 1.29 is 4.74 Å². The molecule has 1 atom stereocenters. The molecule has 0 aliphatic heterocycles. The Morgan fingerprint density at radius 3 is 2.65 bits per heavy atom. The molecule has 0 fully saturated rings. The van der Waals surface area contributed by atoms with Gasteiger partial charge in [-0.05, 0) is 49.8 Å². The monoisotopic (exact) mass is 235 g/mol. The van der Waals surface area contributed by atoms with E-state index in [2.05, 4.69) is 38.1 Å². The third-order valence-corrected chi connectivity index (χ3v) is 3.12. The summed E-state index contributed by atoms with van der Waals surface area (Å²) in [4.78, 5) is 0. The highest BCUT2D eigenvalue weighted by molar-refractivity contribution is 5.25. The molecule has 1 rings (SSSR count). The molecule has 96 valence electrons. The lowest BCUT2D eigenvalue weighted by Gasteiger charge is -2.16. The lowest BCUT2D eigenvalue weighted by molar-refractivity contribution is 0.121. The van der Waals surface area contributed by atoms with Gasteiger partial charge in [-0.1, -0.05) is 31.2 Å². The summed E-state index contributed by atoms with van der Waals surface area (Å²) in [5.41, 5.74) is 8.61. The van der Waals surface area contributed by atoms with Gasteiger partial charge in [-0.2, -0.15) is 0 Å². The number of nitrogens with two attached hydrogens (primary N) is 1. The Kier molecular flexibility index (Phi) is 6.90. The first-order valence-electron chi connectivity index (χ1n) is 6.60. The van der Waals surface area contributed by atoms with E-state index in [0.717, 1.165) is 39.0 Å². The van der Waals surface area contributed by atoms with Gasteiger partial charge in [-0.3, -0.25) is 0 Å². The number of hydrogen-bond donors (Lipinski definition) is 1. The molecular formula is C15H25NO. The molecule has 0 aromatic heterocycles. The maximum atomic E-state index is 5.83. The Hall–Kier alpha value is -0.860. The van der Waals surface area contributed by atoms with Crippen LogP contribution in [0.4, 0.5) is 0 Å². The Morgan fingerprint density at radius 2 is 2.00 bits per heavy atom. The van der Waals surface area contributed by atoms with Crippen molar-refractivity contribution in [3.63, 3.8) is 0 Å². The molecule has 0 aliphatic rings. The predicted molar refractivity (Wildman–Crippen MR) is 73.2 cm³/mol. The molecule has 0 spiro atoms. The van der Waals surface area contributed by atoms with Crippen LogP contribution >= 0.6 is 0 Å². The van der Waals surface area contributed by atoms with Crippen LogP contribution in [0.15, 0.2) is 24.3 Å². The van der Waals surface area contributed by atoms with Crippen LogP contribution in [0.1, 0.15) is 30.9 Å². The van der Waals surface area contributed by atoms with Gasteiger partial charge >= 0.3 is 0 Å². The van der Waals surface area contributed by atoms with Crippen LogP contribution < -0.4 is 5.73 Å². The van der Waals surface area contributed by atoms with E-state index < -0.39 is 0 Å². The standard InChI is InChI=1S/C15H25NO/c1-3-9-17-10-8-14(12-16)11-15-7-5-4-6-13(15)2/h4-7,14H,3,8-12,16H2,1-2H3. The fraction of sp³-hybridized carbons (Fsp3) is 0.600. The van der Waals surface area contributed by atoms with Crippen molar-refractivity contribution in [2.24, 2.45) is 11.7 Å². The second kappa shape index (κ2) is 8.26. The number of rotatable bonds is 8. The molecular weight excluding hydrogens is 210 g/mol. The highest BCUT2D eigenvalue weighted by atomic mass is 16.5. The average molecular weight is 235 g/mol. The first kappa shape index (κ1) is 14.2. The quantitative estimate of drug-likeness (QED) is 0.703. The van der Waals surface area contributed by atoms with Crippen LogP contribution in [-0.4, -0.2) is 19.8 Å². The van der Waals surface area contributed by atoms with E-state index in [0.29, 0.717) is 5.92 Å². The molecule has 1 aromatic carbocycles. The summed E-state index contributed by atoms with van der Waals surface area (Å²) >= 11 is 0. The van der Waals surface area contributed by atoms with Crippen LogP contribution in [-0.2, 0) is 11.2 Å². The van der Waals surface area contributed by atoms with E-state index in [-0.39, 0.29) is 0 Å². The van der Waals surface area contributed by atoms with Gasteiger partial charge < -0.3 is 10.5 Å². The van der Waals surface area contributed by atoms with Crippen molar-refractivity contribution in [1.82, 2.24) is 0 Å². The highest BCUT2D eigenvalue weighted by Gasteiger charge is 2.09. The van der Waals surface area contributed by atoms with Gasteiger partial charge in [0.25, 0.3) is 0 Å². The summed E-state index contributed by atoms with van der Waals surface area (Å²) in [7, 11) is 0. The maximum Gasteiger partial charge on any atom is 0.0469 e. The summed E-state index contributed by atoms with van der Waals surface area (Å²) in [6.07, 6.45) is 3.22. The molecule has 0 amide bonds. The minimum atomic E-state index is 0.535. The van der Waals surface area contributed by atoms with Gasteiger partial charge in [0.15, 0.2) is 0 Å². The minimum absolute atomic E-state index is 0.535. The van der Waals surface area contributed by atoms with Gasteiger partial charge in [-0.15, -0.1) is 0 Å². The van der Waals surface area contributed by atoms with Crippen LogP contribution in [0.25, 0.3) is 0 Å². The smallest absolute Gasteiger partial charge is 0.0469 e. The first-order valence-corrected chi connectivity index (χ1v) is 6.60. The zero-order valence-corrected chi connectivity index (χ0v) is 11.1. The second-order valence-corrected chi connectivity index (χ2v) is 4.63. The molecule has 2 N–H and O–H groups in total. The van der Waals surface area contributed by atoms with Gasteiger partial charge in [-0.25, -0.2) is 0 Å². The lowest BCUT2D eigenvalue weighted by Crippen LogP contribution is -2.19. The van der Waals surface area contributed by atoms with E-state index in [1.807, 2.05) is 0 Å². The van der Waals surface area contributed by atoms with Crippen LogP contribution in [0.3, 0.4) is 0 Å². The third kappa shape index (κ3) is 5.33. The van der Waals surface area contributed by atoms with Crippen molar-refractivity contribution >= 4 is 0 Å². The van der Waals surface area contributed by atoms with E-state index in [9.17, 15) is 0 Å². The summed E-state index contributed by atoms with van der Waals surface area (Å²) in [5.74, 6) is 0.535. The number of aryl methyl sites for hydroxylation is 1. The summed E-state index contributed by atoms with van der Waals surface area (Å²) in [6, 6.07) is 8.55. The van der Waals surface area contributed by atoms with Crippen molar-refractivity contribution in [3.8, 4) is 0 Å². The Balaban J connectivity index is 2.38. The second-order valence-electron chi connectivity index (χ2n) is 4.63. The fourth-order valence-corrected chi connectivity index (χ4v) is 1.95. The van der Waals surface area contributed by atoms with E-state index in [4.69, 9.17) is 10.5 Å². The van der Waals surface area contributed by atoms with Crippen molar-refractivity contribution in [1.29, 1.82) is 0 Å². The molecule has 0 saturated carbocycles. The van der Waals surface area contributed by atoms with Gasteiger partial charge in [0, 0.05) is 13.2 Å². The van der Waals surface area contributed by atoms with Crippen molar-refractivity contribution in [2.45, 2.75) is 33.1 Å². The van der Waals surface area contributed by atoms with Crippen molar-refractivity contribution in [3.05, 3.63) is 35.4 Å². The lowest BCUT2D eigenvalue weighted by atomic mass is 9.94. The molecule has 2 heteroatoms. The molecule has 0 aliphatic carbocycles. The number of benzene rings is 1. The summed E-state index contributed by atoms with van der Waals surface area (Å²) < 4.78 is 5.53. The highest BCUT2D eigenvalue weighted by Crippen LogP contribution is 2.15. The Bertz CT molecular complexity index is 312. The zero-order valence-electron chi connectivity index (χ0n) is 11.1. The maximum absolute atomic E-state index is 5.83. The summed E-state index contributed by atoms with van der Waals surface area (Å²) in [6.45, 7) is 6.73. The molecule has 0 heterocycles. The van der Waals surface area contributed by atoms with Crippen molar-refractivity contribution in [2.75, 3.05) is 19.8 Å². The van der Waals surface area contributed by atoms with E-state index in [1.165, 1.54) is 11.1 Å². The zero-order chi connectivity index (χ0) is 12.5. The third-order valence-electron chi connectivity index (χ3n) is 3.12. The van der Waals surface area contributed by atoms with Gasteiger partial charge in [0.2, 0.25) is 0 Å². The molecule has 0 radical (unpaired) electrons. The molecule has 0 bridgehead atoms. The van der Waals surface area contributed by atoms with E-state index in [1.54, 1.807) is 0 Å². The molecule has 17 heavy (non-hydrogen) atoms. The Morgan fingerprint density at radius 1 is 1.24 bits per heavy atom. The first-order chi connectivity index (χ1) is 8.27. The van der Waals surface area contributed by atoms with E-state index >= 15 is 0 Å². The fourth-order valence-electron chi connectivity index (χ4n) is 1.95. The normalized spacial score (nSPS) is 12.6. The Labute approximate surface area is 105 Å².